The summed E-state index contributed by atoms with van der Waals surface area (Å²) >= 11 is 0. The van der Waals surface area contributed by atoms with Gasteiger partial charge in [-0.3, -0.25) is 0 Å². The quantitative estimate of drug-likeness (QED) is 0.803. The number of ether oxygens (including phenoxy) is 1. The van der Waals surface area contributed by atoms with Crippen LogP contribution < -0.4 is 4.74 Å². The second-order valence-electron chi connectivity index (χ2n) is 5.72. The van der Waals surface area contributed by atoms with E-state index in [1.165, 1.54) is 0 Å². The van der Waals surface area contributed by atoms with Crippen LogP contribution in [0.25, 0.3) is 0 Å². The highest BCUT2D eigenvalue weighted by atomic mass is 16.5. The third kappa shape index (κ3) is 3.20. The molecular formula is C19H26O3. The standard InChI is InChI=1S/C19H26O3/c1-4-13(8-7-11-20)19-16(6-3)15(5-2)17-12-14(21)9-10-18(17)22-19/h4,7-10,12,15-16,19-21H,5-6,11H2,1-3H3/b8-7-,13-4+/t15-,16+,19+/m1/s1. The Morgan fingerprint density at radius 1 is 1.27 bits per heavy atom. The van der Waals surface area contributed by atoms with Crippen molar-refractivity contribution < 1.29 is 14.9 Å². The fourth-order valence-electron chi connectivity index (χ4n) is 3.48. The summed E-state index contributed by atoms with van der Waals surface area (Å²) in [7, 11) is 0. The third-order valence-electron chi connectivity index (χ3n) is 4.54. The summed E-state index contributed by atoms with van der Waals surface area (Å²) in [5.74, 6) is 1.87. The smallest absolute Gasteiger partial charge is 0.127 e. The first-order valence-corrected chi connectivity index (χ1v) is 8.09. The minimum atomic E-state index is -0.0141. The van der Waals surface area contributed by atoms with Gasteiger partial charge in [0.2, 0.25) is 0 Å². The molecule has 0 aliphatic carbocycles. The molecule has 0 fully saturated rings. The van der Waals surface area contributed by atoms with Crippen LogP contribution in [0.2, 0.25) is 0 Å². The zero-order chi connectivity index (χ0) is 16.1. The van der Waals surface area contributed by atoms with Crippen LogP contribution in [-0.4, -0.2) is 22.9 Å². The second-order valence-corrected chi connectivity index (χ2v) is 5.72. The van der Waals surface area contributed by atoms with Crippen molar-refractivity contribution in [3.05, 3.63) is 47.6 Å². The molecule has 22 heavy (non-hydrogen) atoms. The van der Waals surface area contributed by atoms with Crippen molar-refractivity contribution in [1.29, 1.82) is 0 Å². The summed E-state index contributed by atoms with van der Waals surface area (Å²) in [6.07, 6.45) is 7.75. The lowest BCUT2D eigenvalue weighted by atomic mass is 9.75. The van der Waals surface area contributed by atoms with Crippen molar-refractivity contribution >= 4 is 0 Å². The minimum absolute atomic E-state index is 0.0141. The van der Waals surface area contributed by atoms with Crippen molar-refractivity contribution in [2.75, 3.05) is 6.61 Å². The van der Waals surface area contributed by atoms with E-state index >= 15 is 0 Å². The summed E-state index contributed by atoms with van der Waals surface area (Å²) in [5.41, 5.74) is 2.20. The fraction of sp³-hybridized carbons (Fsp3) is 0.474. The summed E-state index contributed by atoms with van der Waals surface area (Å²) in [6.45, 7) is 6.39. The van der Waals surface area contributed by atoms with E-state index in [0.717, 1.165) is 29.7 Å². The number of aliphatic hydroxyl groups is 1. The van der Waals surface area contributed by atoms with Crippen molar-refractivity contribution in [1.82, 2.24) is 0 Å². The summed E-state index contributed by atoms with van der Waals surface area (Å²) in [5, 5.41) is 18.8. The van der Waals surface area contributed by atoms with Gasteiger partial charge in [-0.1, -0.05) is 32.1 Å². The van der Waals surface area contributed by atoms with Crippen LogP contribution in [0.5, 0.6) is 11.5 Å². The number of hydrogen-bond acceptors (Lipinski definition) is 3. The van der Waals surface area contributed by atoms with E-state index in [2.05, 4.69) is 19.9 Å². The Bertz CT molecular complexity index is 560. The van der Waals surface area contributed by atoms with Gasteiger partial charge in [0, 0.05) is 11.5 Å². The maximum absolute atomic E-state index is 9.79. The van der Waals surface area contributed by atoms with Crippen LogP contribution >= 0.6 is 0 Å². The lowest BCUT2D eigenvalue weighted by Crippen LogP contribution is -2.36. The highest BCUT2D eigenvalue weighted by molar-refractivity contribution is 5.45. The number of benzene rings is 1. The van der Waals surface area contributed by atoms with Gasteiger partial charge in [-0.2, -0.15) is 0 Å². The molecule has 120 valence electrons. The van der Waals surface area contributed by atoms with Crippen molar-refractivity contribution in [2.45, 2.75) is 45.6 Å². The van der Waals surface area contributed by atoms with Crippen LogP contribution in [0.4, 0.5) is 0 Å². The molecule has 2 N–H and O–H groups in total. The summed E-state index contributed by atoms with van der Waals surface area (Å²) in [4.78, 5) is 0. The highest BCUT2D eigenvalue weighted by Crippen LogP contribution is 2.46. The average molecular weight is 302 g/mol. The predicted octanol–water partition coefficient (Wildman–Crippen LogP) is 4.17. The Hall–Kier alpha value is -1.74. The maximum atomic E-state index is 9.79. The molecular weight excluding hydrogens is 276 g/mol. The van der Waals surface area contributed by atoms with E-state index < -0.39 is 0 Å². The van der Waals surface area contributed by atoms with Gasteiger partial charge in [-0.05, 0) is 49.5 Å². The molecule has 0 aromatic heterocycles. The molecule has 1 aromatic rings. The second kappa shape index (κ2) is 7.50. The first kappa shape index (κ1) is 16.6. The van der Waals surface area contributed by atoms with E-state index in [-0.39, 0.29) is 12.7 Å². The molecule has 0 amide bonds. The Balaban J connectivity index is 2.44. The van der Waals surface area contributed by atoms with Crippen LogP contribution in [0.3, 0.4) is 0 Å². The van der Waals surface area contributed by atoms with Crippen LogP contribution in [0.1, 0.15) is 45.1 Å². The minimum Gasteiger partial charge on any atom is -0.508 e. The Kier molecular flexibility index (Phi) is 5.67. The zero-order valence-electron chi connectivity index (χ0n) is 13.6. The Morgan fingerprint density at radius 2 is 2.05 bits per heavy atom. The molecule has 3 heteroatoms. The number of aromatic hydroxyl groups is 1. The van der Waals surface area contributed by atoms with Crippen molar-refractivity contribution in [2.24, 2.45) is 5.92 Å². The SMILES string of the molecule is C/C=C(\C=C/CO)[C@@H]1Oc2ccc(O)cc2[C@H](CC)[C@@H]1CC. The van der Waals surface area contributed by atoms with Crippen molar-refractivity contribution in [3.63, 3.8) is 0 Å². The number of allylic oxidation sites excluding steroid dienone is 1. The highest BCUT2D eigenvalue weighted by Gasteiger charge is 2.37. The zero-order valence-corrected chi connectivity index (χ0v) is 13.6. The lowest BCUT2D eigenvalue weighted by Gasteiger charge is -2.40. The first-order valence-electron chi connectivity index (χ1n) is 8.09. The molecule has 3 nitrogen and oxygen atoms in total. The maximum Gasteiger partial charge on any atom is 0.127 e. The fourth-order valence-corrected chi connectivity index (χ4v) is 3.48. The Labute approximate surface area is 132 Å². The summed E-state index contributed by atoms with van der Waals surface area (Å²) < 4.78 is 6.26. The normalized spacial score (nSPS) is 25.1. The Morgan fingerprint density at radius 3 is 2.64 bits per heavy atom. The monoisotopic (exact) mass is 302 g/mol. The summed E-state index contributed by atoms with van der Waals surface area (Å²) in [6, 6.07) is 5.37. The van der Waals surface area contributed by atoms with Gasteiger partial charge in [0.1, 0.15) is 17.6 Å². The van der Waals surface area contributed by atoms with Gasteiger partial charge in [0.05, 0.1) is 6.61 Å². The largest absolute Gasteiger partial charge is 0.508 e. The molecule has 0 bridgehead atoms. The molecule has 0 radical (unpaired) electrons. The topological polar surface area (TPSA) is 49.7 Å². The van der Waals surface area contributed by atoms with Crippen LogP contribution in [-0.2, 0) is 0 Å². The molecule has 0 saturated heterocycles. The van der Waals surface area contributed by atoms with E-state index in [9.17, 15) is 5.11 Å². The van der Waals surface area contributed by atoms with Crippen molar-refractivity contribution in [3.8, 4) is 11.5 Å². The number of aliphatic hydroxyl groups excluding tert-OH is 1. The molecule has 2 rings (SSSR count). The number of rotatable bonds is 5. The molecule has 0 saturated carbocycles. The molecule has 1 heterocycles. The average Bonchev–Trinajstić information content (AvgIpc) is 2.54. The number of phenolic OH excluding ortho intramolecular Hbond substituents is 1. The van der Waals surface area contributed by atoms with Crippen LogP contribution in [0.15, 0.2) is 42.0 Å². The van der Waals surface area contributed by atoms with Gasteiger partial charge < -0.3 is 14.9 Å². The first-order chi connectivity index (χ1) is 10.7. The molecule has 0 spiro atoms. The number of hydrogen-bond donors (Lipinski definition) is 2. The van der Waals surface area contributed by atoms with Gasteiger partial charge in [-0.15, -0.1) is 0 Å². The van der Waals surface area contributed by atoms with E-state index in [4.69, 9.17) is 9.84 Å². The molecule has 3 atom stereocenters. The number of phenols is 1. The van der Waals surface area contributed by atoms with E-state index in [1.807, 2.05) is 25.1 Å². The third-order valence-corrected chi connectivity index (χ3v) is 4.54. The van der Waals surface area contributed by atoms with Gasteiger partial charge >= 0.3 is 0 Å². The molecule has 1 aliphatic heterocycles. The van der Waals surface area contributed by atoms with Crippen LogP contribution in [0, 0.1) is 5.92 Å². The van der Waals surface area contributed by atoms with Gasteiger partial charge in [0.15, 0.2) is 0 Å². The molecule has 0 unspecified atom stereocenters. The predicted molar refractivity (Wildman–Crippen MR) is 89.3 cm³/mol. The van der Waals surface area contributed by atoms with Gasteiger partial charge in [-0.25, -0.2) is 0 Å². The molecule has 1 aliphatic rings. The van der Waals surface area contributed by atoms with Gasteiger partial charge in [0.25, 0.3) is 0 Å². The lowest BCUT2D eigenvalue weighted by molar-refractivity contribution is 0.118. The van der Waals surface area contributed by atoms with E-state index in [1.54, 1.807) is 12.1 Å². The number of fused-ring (bicyclic) bond motifs is 1. The molecule has 1 aromatic carbocycles. The van der Waals surface area contributed by atoms with E-state index in [0.29, 0.717) is 17.6 Å².